The SMILES string of the molecule is CC(C)(C)OC(=O)C(Cc1ccccc1)NC1CCN(C(=O)O)C1.Cl. The monoisotopic (exact) mass is 370 g/mol. The van der Waals surface area contributed by atoms with Crippen LogP contribution in [0.3, 0.4) is 0 Å². The van der Waals surface area contributed by atoms with E-state index < -0.39 is 17.7 Å². The van der Waals surface area contributed by atoms with Crippen molar-refractivity contribution in [3.8, 4) is 0 Å². The molecule has 6 nitrogen and oxygen atoms in total. The predicted molar refractivity (Wildman–Crippen MR) is 98.2 cm³/mol. The molecule has 1 aliphatic heterocycles. The topological polar surface area (TPSA) is 78.9 Å². The van der Waals surface area contributed by atoms with Gasteiger partial charge in [0.1, 0.15) is 11.6 Å². The highest BCUT2D eigenvalue weighted by Gasteiger charge is 2.32. The molecule has 1 aromatic rings. The molecule has 25 heavy (non-hydrogen) atoms. The fraction of sp³-hybridized carbons (Fsp3) is 0.556. The molecule has 140 valence electrons. The van der Waals surface area contributed by atoms with Crippen LogP contribution in [-0.2, 0) is 16.0 Å². The van der Waals surface area contributed by atoms with Crippen LogP contribution in [0.4, 0.5) is 4.79 Å². The number of amides is 1. The van der Waals surface area contributed by atoms with Gasteiger partial charge >= 0.3 is 12.1 Å². The number of hydrogen-bond acceptors (Lipinski definition) is 4. The number of rotatable bonds is 5. The van der Waals surface area contributed by atoms with Crippen molar-refractivity contribution >= 4 is 24.5 Å². The van der Waals surface area contributed by atoms with Crippen molar-refractivity contribution in [2.45, 2.75) is 51.3 Å². The third-order valence-electron chi connectivity index (χ3n) is 3.87. The molecule has 0 spiro atoms. The maximum Gasteiger partial charge on any atom is 0.407 e. The van der Waals surface area contributed by atoms with Gasteiger partial charge in [0.2, 0.25) is 0 Å². The summed E-state index contributed by atoms with van der Waals surface area (Å²) < 4.78 is 5.53. The quantitative estimate of drug-likeness (QED) is 0.779. The average molecular weight is 371 g/mol. The van der Waals surface area contributed by atoms with Gasteiger partial charge in [0.25, 0.3) is 0 Å². The van der Waals surface area contributed by atoms with Gasteiger partial charge in [-0.15, -0.1) is 12.4 Å². The Bertz CT molecular complexity index is 574. The van der Waals surface area contributed by atoms with Crippen molar-refractivity contribution < 1.29 is 19.4 Å². The van der Waals surface area contributed by atoms with Crippen molar-refractivity contribution in [2.24, 2.45) is 0 Å². The number of carboxylic acid groups (broad SMARTS) is 1. The van der Waals surface area contributed by atoms with Crippen LogP contribution in [0.5, 0.6) is 0 Å². The zero-order valence-corrected chi connectivity index (χ0v) is 15.7. The molecule has 1 fully saturated rings. The maximum absolute atomic E-state index is 12.6. The highest BCUT2D eigenvalue weighted by Crippen LogP contribution is 2.15. The van der Waals surface area contributed by atoms with Crippen molar-refractivity contribution in [1.82, 2.24) is 10.2 Å². The second-order valence-corrected chi connectivity index (χ2v) is 7.16. The standard InChI is InChI=1S/C18H26N2O4.ClH/c1-18(2,3)24-16(21)15(11-13-7-5-4-6-8-13)19-14-9-10-20(12-14)17(22)23;/h4-8,14-15,19H,9-12H2,1-3H3,(H,22,23);1H. The van der Waals surface area contributed by atoms with Gasteiger partial charge in [0.15, 0.2) is 0 Å². The van der Waals surface area contributed by atoms with Gasteiger partial charge in [-0.2, -0.15) is 0 Å². The number of nitrogens with zero attached hydrogens (tertiary/aromatic N) is 1. The first-order valence-electron chi connectivity index (χ1n) is 8.25. The molecule has 2 rings (SSSR count). The molecule has 1 aliphatic rings. The molecule has 2 unspecified atom stereocenters. The van der Waals surface area contributed by atoms with Crippen LogP contribution in [0.1, 0.15) is 32.8 Å². The molecule has 1 aromatic carbocycles. The summed E-state index contributed by atoms with van der Waals surface area (Å²) in [5.41, 5.74) is 0.477. The number of carbonyl (C=O) groups is 2. The maximum atomic E-state index is 12.6. The summed E-state index contributed by atoms with van der Waals surface area (Å²) in [5, 5.41) is 12.4. The van der Waals surface area contributed by atoms with E-state index in [1.807, 2.05) is 51.1 Å². The van der Waals surface area contributed by atoms with E-state index in [-0.39, 0.29) is 24.4 Å². The van der Waals surface area contributed by atoms with Crippen LogP contribution in [-0.4, -0.2) is 52.8 Å². The summed E-state index contributed by atoms with van der Waals surface area (Å²) in [6.07, 6.45) is 0.288. The lowest BCUT2D eigenvalue weighted by atomic mass is 10.0. The van der Waals surface area contributed by atoms with Crippen LogP contribution >= 0.6 is 12.4 Å². The third-order valence-corrected chi connectivity index (χ3v) is 3.87. The van der Waals surface area contributed by atoms with Gasteiger partial charge < -0.3 is 14.7 Å². The zero-order chi connectivity index (χ0) is 17.7. The molecule has 1 heterocycles. The van der Waals surface area contributed by atoms with Crippen LogP contribution in [0.15, 0.2) is 30.3 Å². The zero-order valence-electron chi connectivity index (χ0n) is 14.9. The largest absolute Gasteiger partial charge is 0.465 e. The normalized spacial score (nSPS) is 18.4. The number of hydrogen-bond donors (Lipinski definition) is 2. The lowest BCUT2D eigenvalue weighted by Gasteiger charge is -2.26. The summed E-state index contributed by atoms with van der Waals surface area (Å²) in [7, 11) is 0. The van der Waals surface area contributed by atoms with E-state index in [4.69, 9.17) is 9.84 Å². The number of halogens is 1. The molecule has 0 bridgehead atoms. The summed E-state index contributed by atoms with van der Waals surface area (Å²) >= 11 is 0. The molecule has 0 saturated carbocycles. The van der Waals surface area contributed by atoms with Crippen molar-refractivity contribution in [2.75, 3.05) is 13.1 Å². The lowest BCUT2D eigenvalue weighted by molar-refractivity contribution is -0.157. The van der Waals surface area contributed by atoms with Gasteiger partial charge in [-0.25, -0.2) is 4.79 Å². The van der Waals surface area contributed by atoms with Crippen molar-refractivity contribution in [3.63, 3.8) is 0 Å². The minimum absolute atomic E-state index is 0. The minimum Gasteiger partial charge on any atom is -0.465 e. The summed E-state index contributed by atoms with van der Waals surface area (Å²) in [5.74, 6) is -0.305. The fourth-order valence-corrected chi connectivity index (χ4v) is 2.79. The number of esters is 1. The van der Waals surface area contributed by atoms with E-state index in [1.165, 1.54) is 4.90 Å². The van der Waals surface area contributed by atoms with Crippen LogP contribution in [0.2, 0.25) is 0 Å². The summed E-state index contributed by atoms with van der Waals surface area (Å²) in [4.78, 5) is 25.0. The molecule has 0 aliphatic carbocycles. The first-order chi connectivity index (χ1) is 11.2. The highest BCUT2D eigenvalue weighted by atomic mass is 35.5. The second-order valence-electron chi connectivity index (χ2n) is 7.16. The van der Waals surface area contributed by atoms with Gasteiger partial charge in [-0.3, -0.25) is 10.1 Å². The first-order valence-corrected chi connectivity index (χ1v) is 8.25. The van der Waals surface area contributed by atoms with E-state index in [0.717, 1.165) is 5.56 Å². The molecule has 2 N–H and O–H groups in total. The average Bonchev–Trinajstić information content (AvgIpc) is 2.95. The lowest BCUT2D eigenvalue weighted by Crippen LogP contribution is -2.48. The fourth-order valence-electron chi connectivity index (χ4n) is 2.79. The highest BCUT2D eigenvalue weighted by molar-refractivity contribution is 5.85. The van der Waals surface area contributed by atoms with E-state index in [9.17, 15) is 9.59 Å². The Morgan fingerprint density at radius 2 is 1.96 bits per heavy atom. The molecule has 2 atom stereocenters. The summed E-state index contributed by atoms with van der Waals surface area (Å²) in [6, 6.07) is 9.20. The molecule has 0 radical (unpaired) electrons. The van der Waals surface area contributed by atoms with Crippen molar-refractivity contribution in [3.05, 3.63) is 35.9 Å². The Hall–Kier alpha value is -1.79. The Morgan fingerprint density at radius 1 is 1.32 bits per heavy atom. The van der Waals surface area contributed by atoms with Gasteiger partial charge in [-0.1, -0.05) is 30.3 Å². The number of nitrogens with one attached hydrogen (secondary N) is 1. The molecule has 1 saturated heterocycles. The van der Waals surface area contributed by atoms with Gasteiger partial charge in [-0.05, 0) is 39.2 Å². The smallest absolute Gasteiger partial charge is 0.407 e. The van der Waals surface area contributed by atoms with Crippen LogP contribution < -0.4 is 5.32 Å². The Labute approximate surface area is 154 Å². The Kier molecular flexibility index (Phi) is 7.70. The van der Waals surface area contributed by atoms with Gasteiger partial charge in [0.05, 0.1) is 0 Å². The van der Waals surface area contributed by atoms with E-state index >= 15 is 0 Å². The van der Waals surface area contributed by atoms with Crippen molar-refractivity contribution in [1.29, 1.82) is 0 Å². The number of likely N-dealkylation sites (tertiary alicyclic amines) is 1. The van der Waals surface area contributed by atoms with E-state index in [2.05, 4.69) is 5.32 Å². The number of carbonyl (C=O) groups excluding carboxylic acids is 1. The Balaban J connectivity index is 0.00000312. The van der Waals surface area contributed by atoms with Crippen LogP contribution in [0.25, 0.3) is 0 Å². The first kappa shape index (κ1) is 21.3. The molecule has 0 aromatic heterocycles. The van der Waals surface area contributed by atoms with E-state index in [0.29, 0.717) is 25.9 Å². The minimum atomic E-state index is -0.920. The second kappa shape index (κ2) is 9.06. The Morgan fingerprint density at radius 3 is 2.48 bits per heavy atom. The predicted octanol–water partition coefficient (Wildman–Crippen LogP) is 2.70. The summed E-state index contributed by atoms with van der Waals surface area (Å²) in [6.45, 7) is 6.40. The van der Waals surface area contributed by atoms with Gasteiger partial charge in [0, 0.05) is 19.1 Å². The van der Waals surface area contributed by atoms with Crippen LogP contribution in [0, 0.1) is 0 Å². The van der Waals surface area contributed by atoms with E-state index in [1.54, 1.807) is 0 Å². The number of benzene rings is 1. The number of ether oxygens (including phenoxy) is 1. The molecule has 7 heteroatoms. The molecular formula is C18H27ClN2O4. The third kappa shape index (κ3) is 6.92. The molecule has 1 amide bonds. The molecular weight excluding hydrogens is 344 g/mol.